The number of rotatable bonds is 7. The highest BCUT2D eigenvalue weighted by atomic mass is 32.2. The van der Waals surface area contributed by atoms with Crippen LogP contribution in [0.1, 0.15) is 38.2 Å². The van der Waals surface area contributed by atoms with Crippen LogP contribution in [0.5, 0.6) is 0 Å². The maximum Gasteiger partial charge on any atom is 0.317 e. The topological polar surface area (TPSA) is 116 Å². The lowest BCUT2D eigenvalue weighted by Gasteiger charge is -2.42. The molecule has 0 unspecified atom stereocenters. The molecular weight excluding hydrogens is 370 g/mol. The van der Waals surface area contributed by atoms with Gasteiger partial charge in [-0.2, -0.15) is 0 Å². The molecule has 148 valence electrons. The van der Waals surface area contributed by atoms with Crippen molar-refractivity contribution in [2.75, 3.05) is 18.4 Å². The summed E-state index contributed by atoms with van der Waals surface area (Å²) in [6.45, 7) is 2.49. The second kappa shape index (κ2) is 7.95. The number of hydrogen-bond acceptors (Lipinski definition) is 5. The number of hydrogen-bond donors (Lipinski definition) is 3. The summed E-state index contributed by atoms with van der Waals surface area (Å²) in [5, 5.41) is 11.7. The molecule has 1 fully saturated rings. The number of amides is 1. The summed E-state index contributed by atoms with van der Waals surface area (Å²) in [6, 6.07) is 4.67. The monoisotopic (exact) mass is 395 g/mol. The van der Waals surface area contributed by atoms with Gasteiger partial charge >= 0.3 is 5.97 Å². The van der Waals surface area contributed by atoms with Crippen molar-refractivity contribution in [2.24, 2.45) is 0 Å². The number of nitrogens with one attached hydrogen (secondary N) is 2. The third kappa shape index (κ3) is 4.66. The first-order chi connectivity index (χ1) is 12.8. The highest BCUT2D eigenvalue weighted by Crippen LogP contribution is 2.29. The van der Waals surface area contributed by atoms with Gasteiger partial charge in [0, 0.05) is 24.2 Å². The number of anilines is 1. The Morgan fingerprint density at radius 2 is 2.07 bits per heavy atom. The van der Waals surface area contributed by atoms with Gasteiger partial charge in [0.1, 0.15) is 0 Å². The van der Waals surface area contributed by atoms with E-state index in [2.05, 4.69) is 10.0 Å². The number of carboxylic acids is 1. The van der Waals surface area contributed by atoms with Gasteiger partial charge in [-0.25, -0.2) is 13.1 Å². The largest absolute Gasteiger partial charge is 0.480 e. The van der Waals surface area contributed by atoms with E-state index < -0.39 is 16.0 Å². The fourth-order valence-electron chi connectivity index (χ4n) is 3.66. The summed E-state index contributed by atoms with van der Waals surface area (Å²) < 4.78 is 28.1. The van der Waals surface area contributed by atoms with Crippen LogP contribution >= 0.6 is 0 Å². The first-order valence-corrected chi connectivity index (χ1v) is 10.7. The van der Waals surface area contributed by atoms with Gasteiger partial charge < -0.3 is 10.4 Å². The quantitative estimate of drug-likeness (QED) is 0.638. The van der Waals surface area contributed by atoms with Gasteiger partial charge in [0.15, 0.2) is 0 Å². The van der Waals surface area contributed by atoms with Crippen molar-refractivity contribution < 1.29 is 23.1 Å². The van der Waals surface area contributed by atoms with Crippen molar-refractivity contribution in [1.82, 2.24) is 9.62 Å². The zero-order valence-electron chi connectivity index (χ0n) is 15.3. The van der Waals surface area contributed by atoms with E-state index in [4.69, 9.17) is 5.11 Å². The standard InChI is InChI=1S/C18H25N3O5S/c1-2-21(11-18(23)24)14-9-13(10-14)20-27(25,26)15-6-7-16-12(8-15)4-3-5-17(22)19-16/h6-8,13-14,20H,2-5,9-11H2,1H3,(H,19,22)(H,23,24). The van der Waals surface area contributed by atoms with Crippen molar-refractivity contribution in [1.29, 1.82) is 0 Å². The number of fused-ring (bicyclic) bond motifs is 1. The lowest BCUT2D eigenvalue weighted by Crippen LogP contribution is -2.54. The summed E-state index contributed by atoms with van der Waals surface area (Å²) in [7, 11) is -3.66. The minimum atomic E-state index is -3.66. The van der Waals surface area contributed by atoms with Gasteiger partial charge in [0.25, 0.3) is 0 Å². The second-order valence-corrected chi connectivity index (χ2v) is 8.83. The molecular formula is C18H25N3O5S. The van der Waals surface area contributed by atoms with Crippen molar-refractivity contribution in [2.45, 2.75) is 56.0 Å². The molecule has 1 aliphatic heterocycles. The first-order valence-electron chi connectivity index (χ1n) is 9.19. The number of likely N-dealkylation sites (N-methyl/N-ethyl adjacent to an activating group) is 1. The molecule has 3 N–H and O–H groups in total. The average Bonchev–Trinajstić information content (AvgIpc) is 2.75. The lowest BCUT2D eigenvalue weighted by molar-refractivity contribution is -0.139. The van der Waals surface area contributed by atoms with Crippen molar-refractivity contribution in [3.8, 4) is 0 Å². The summed E-state index contributed by atoms with van der Waals surface area (Å²) in [6.07, 6.45) is 2.98. The number of carbonyl (C=O) groups excluding carboxylic acids is 1. The number of sulfonamides is 1. The van der Waals surface area contributed by atoms with Crippen LogP contribution in [0.15, 0.2) is 23.1 Å². The molecule has 0 aromatic heterocycles. The molecule has 1 aromatic rings. The van der Waals surface area contributed by atoms with Crippen LogP contribution in [0.2, 0.25) is 0 Å². The Morgan fingerprint density at radius 3 is 2.74 bits per heavy atom. The zero-order valence-corrected chi connectivity index (χ0v) is 16.1. The normalized spacial score (nSPS) is 22.5. The summed E-state index contributed by atoms with van der Waals surface area (Å²) in [5.74, 6) is -0.928. The van der Waals surface area contributed by atoms with Gasteiger partial charge in [0.2, 0.25) is 15.9 Å². The molecule has 8 nitrogen and oxygen atoms in total. The van der Waals surface area contributed by atoms with Crippen LogP contribution in [0, 0.1) is 0 Å². The third-order valence-corrected chi connectivity index (χ3v) is 6.73. The zero-order chi connectivity index (χ0) is 19.6. The summed E-state index contributed by atoms with van der Waals surface area (Å²) >= 11 is 0. The average molecular weight is 395 g/mol. The molecule has 9 heteroatoms. The molecule has 0 radical (unpaired) electrons. The van der Waals surface area contributed by atoms with Gasteiger partial charge in [0.05, 0.1) is 11.4 Å². The minimum Gasteiger partial charge on any atom is -0.480 e. The molecule has 1 saturated carbocycles. The molecule has 1 heterocycles. The first kappa shape index (κ1) is 19.8. The number of aliphatic carboxylic acids is 1. The maximum absolute atomic E-state index is 12.7. The molecule has 2 aliphatic rings. The van der Waals surface area contributed by atoms with E-state index in [1.807, 2.05) is 11.8 Å². The molecule has 27 heavy (non-hydrogen) atoms. The van der Waals surface area contributed by atoms with Crippen molar-refractivity contribution in [3.63, 3.8) is 0 Å². The molecule has 1 amide bonds. The van der Waals surface area contributed by atoms with Crippen LogP contribution in [-0.4, -0.2) is 55.5 Å². The van der Waals surface area contributed by atoms with Crippen LogP contribution in [0.4, 0.5) is 5.69 Å². The van der Waals surface area contributed by atoms with E-state index in [1.165, 1.54) is 6.07 Å². The van der Waals surface area contributed by atoms with E-state index in [0.717, 1.165) is 5.56 Å². The van der Waals surface area contributed by atoms with Crippen molar-refractivity contribution >= 4 is 27.6 Å². The van der Waals surface area contributed by atoms with E-state index in [1.54, 1.807) is 12.1 Å². The molecule has 1 aliphatic carbocycles. The van der Waals surface area contributed by atoms with Gasteiger partial charge in [-0.1, -0.05) is 6.92 Å². The summed E-state index contributed by atoms with van der Waals surface area (Å²) in [4.78, 5) is 24.5. The fourth-order valence-corrected chi connectivity index (χ4v) is 4.97. The Morgan fingerprint density at radius 1 is 1.33 bits per heavy atom. The molecule has 3 rings (SSSR count). The van der Waals surface area contributed by atoms with Gasteiger partial charge in [-0.15, -0.1) is 0 Å². The SMILES string of the molecule is CCN(CC(=O)O)C1CC(NS(=O)(=O)c2ccc3c(c2)CCCC(=O)N3)C1. The highest BCUT2D eigenvalue weighted by molar-refractivity contribution is 7.89. The predicted molar refractivity (Wildman–Crippen MR) is 100 cm³/mol. The van der Waals surface area contributed by atoms with Gasteiger partial charge in [-0.3, -0.25) is 14.5 Å². The van der Waals surface area contributed by atoms with Crippen LogP contribution in [0.25, 0.3) is 0 Å². The van der Waals surface area contributed by atoms with Crippen molar-refractivity contribution in [3.05, 3.63) is 23.8 Å². The molecule has 1 aromatic carbocycles. The number of aryl methyl sites for hydroxylation is 1. The Kier molecular flexibility index (Phi) is 5.83. The second-order valence-electron chi connectivity index (χ2n) is 7.12. The van der Waals surface area contributed by atoms with E-state index in [0.29, 0.717) is 44.3 Å². The van der Waals surface area contributed by atoms with Crippen LogP contribution in [0.3, 0.4) is 0 Å². The Hall–Kier alpha value is -1.97. The third-order valence-electron chi connectivity index (χ3n) is 5.21. The highest BCUT2D eigenvalue weighted by Gasteiger charge is 2.36. The Labute approximate surface area is 159 Å². The van der Waals surface area contributed by atoms with E-state index in [-0.39, 0.29) is 29.4 Å². The minimum absolute atomic E-state index is 0.0306. The number of carbonyl (C=O) groups is 2. The Bertz CT molecular complexity index is 833. The number of benzene rings is 1. The van der Waals surface area contributed by atoms with E-state index >= 15 is 0 Å². The number of carboxylic acid groups (broad SMARTS) is 1. The molecule has 0 saturated heterocycles. The lowest BCUT2D eigenvalue weighted by atomic mass is 9.86. The smallest absolute Gasteiger partial charge is 0.317 e. The fraction of sp³-hybridized carbons (Fsp3) is 0.556. The molecule has 0 atom stereocenters. The molecule has 0 bridgehead atoms. The molecule has 0 spiro atoms. The Balaban J connectivity index is 1.64. The maximum atomic E-state index is 12.7. The van der Waals surface area contributed by atoms with Gasteiger partial charge in [-0.05, 0) is 56.0 Å². The summed E-state index contributed by atoms with van der Waals surface area (Å²) in [5.41, 5.74) is 1.50. The van der Waals surface area contributed by atoms with Crippen LogP contribution in [-0.2, 0) is 26.0 Å². The number of nitrogens with zero attached hydrogens (tertiary/aromatic N) is 1. The van der Waals surface area contributed by atoms with E-state index in [9.17, 15) is 18.0 Å². The predicted octanol–water partition coefficient (Wildman–Crippen LogP) is 1.18. The van der Waals surface area contributed by atoms with Crippen LogP contribution < -0.4 is 10.0 Å².